The monoisotopic (exact) mass is 462 g/mol. The van der Waals surface area contributed by atoms with Gasteiger partial charge in [0.25, 0.3) is 0 Å². The van der Waals surface area contributed by atoms with Gasteiger partial charge in [0.2, 0.25) is 0 Å². The minimum absolute atomic E-state index is 0.0557. The highest BCUT2D eigenvalue weighted by Gasteiger charge is 2.56. The summed E-state index contributed by atoms with van der Waals surface area (Å²) in [7, 11) is 0. The van der Waals surface area contributed by atoms with Crippen LogP contribution < -0.4 is 0 Å². The summed E-state index contributed by atoms with van der Waals surface area (Å²) in [5.41, 5.74) is 1.65. The highest BCUT2D eigenvalue weighted by atomic mass is 35.5. The highest BCUT2D eigenvalue weighted by molar-refractivity contribution is 7.98. The smallest absolute Gasteiger partial charge is 0.410 e. The van der Waals surface area contributed by atoms with Crippen LogP contribution in [-0.2, 0) is 4.74 Å². The predicted octanol–water partition coefficient (Wildman–Crippen LogP) is 5.59. The molecule has 3 fully saturated rings. The van der Waals surface area contributed by atoms with Crippen LogP contribution in [0.4, 0.5) is 9.18 Å². The molecule has 164 valence electrons. The van der Waals surface area contributed by atoms with Crippen LogP contribution in [0.2, 0.25) is 5.15 Å². The number of halogens is 2. The molecule has 31 heavy (non-hydrogen) atoms. The van der Waals surface area contributed by atoms with Crippen LogP contribution >= 0.6 is 23.4 Å². The van der Waals surface area contributed by atoms with Crippen molar-refractivity contribution in [2.45, 2.75) is 56.8 Å². The summed E-state index contributed by atoms with van der Waals surface area (Å²) in [5, 5.41) is 2.18. The summed E-state index contributed by atoms with van der Waals surface area (Å²) in [5.74, 6) is -0.272. The minimum Gasteiger partial charge on any atom is -0.444 e. The molecule has 1 amide bonds. The van der Waals surface area contributed by atoms with Gasteiger partial charge in [0.05, 0.1) is 17.6 Å². The van der Waals surface area contributed by atoms with Crippen molar-refractivity contribution < 1.29 is 13.9 Å². The second-order valence-electron chi connectivity index (χ2n) is 9.35. The average Bonchev–Trinajstić information content (AvgIpc) is 3.36. The normalized spacial score (nSPS) is 22.9. The van der Waals surface area contributed by atoms with E-state index in [1.165, 1.54) is 11.8 Å². The van der Waals surface area contributed by atoms with E-state index in [-0.39, 0.29) is 28.8 Å². The second kappa shape index (κ2) is 6.97. The third-order valence-corrected chi connectivity index (χ3v) is 7.21. The Hall–Kier alpha value is -2.06. The Kier molecular flexibility index (Phi) is 4.68. The first-order valence-corrected chi connectivity index (χ1v) is 11.9. The van der Waals surface area contributed by atoms with Crippen molar-refractivity contribution in [3.8, 4) is 0 Å². The molecule has 3 aromatic heterocycles. The van der Waals surface area contributed by atoms with Crippen molar-refractivity contribution >= 4 is 51.3 Å². The van der Waals surface area contributed by atoms with E-state index in [2.05, 4.69) is 20.6 Å². The summed E-state index contributed by atoms with van der Waals surface area (Å²) >= 11 is 7.42. The molecule has 1 saturated carbocycles. The van der Waals surface area contributed by atoms with Crippen LogP contribution in [0.5, 0.6) is 0 Å². The van der Waals surface area contributed by atoms with Crippen molar-refractivity contribution in [1.82, 2.24) is 19.4 Å². The van der Waals surface area contributed by atoms with Gasteiger partial charge in [-0.25, -0.2) is 19.2 Å². The Morgan fingerprint density at radius 1 is 1.35 bits per heavy atom. The molecule has 0 aromatic carbocycles. The number of carbonyl (C=O) groups is 1. The van der Waals surface area contributed by atoms with E-state index >= 15 is 0 Å². The fourth-order valence-corrected chi connectivity index (χ4v) is 5.73. The lowest BCUT2D eigenvalue weighted by molar-refractivity contribution is 0.0210. The average molecular weight is 463 g/mol. The molecular weight excluding hydrogens is 439 g/mol. The SMILES string of the molecule is CSc1nc2c(F)c(Cl)ncc2c2c1cc(C)n2C1C2CC1N(C(=O)OC(C)(C)C)C2. The molecule has 0 N–H and O–H groups in total. The molecule has 6 rings (SSSR count). The highest BCUT2D eigenvalue weighted by Crippen LogP contribution is 2.52. The van der Waals surface area contributed by atoms with Gasteiger partial charge < -0.3 is 14.2 Å². The Morgan fingerprint density at radius 3 is 2.77 bits per heavy atom. The zero-order valence-electron chi connectivity index (χ0n) is 18.1. The number of carbonyl (C=O) groups excluding carboxylic acids is 1. The number of hydrogen-bond donors (Lipinski definition) is 0. The van der Waals surface area contributed by atoms with Gasteiger partial charge in [-0.3, -0.25) is 0 Å². The van der Waals surface area contributed by atoms with Gasteiger partial charge in [-0.2, -0.15) is 0 Å². The third-order valence-electron chi connectivity index (χ3n) is 6.25. The van der Waals surface area contributed by atoms with Gasteiger partial charge in [0.15, 0.2) is 11.0 Å². The number of ether oxygens (including phenoxy) is 1. The van der Waals surface area contributed by atoms with Gasteiger partial charge in [-0.1, -0.05) is 11.6 Å². The molecule has 2 saturated heterocycles. The Labute approximate surface area is 189 Å². The largest absolute Gasteiger partial charge is 0.444 e. The zero-order valence-corrected chi connectivity index (χ0v) is 19.6. The summed E-state index contributed by atoms with van der Waals surface area (Å²) < 4.78 is 22.7. The molecular formula is C22H24ClFN4O2S. The first-order valence-electron chi connectivity index (χ1n) is 10.3. The number of rotatable bonds is 2. The summed E-state index contributed by atoms with van der Waals surface area (Å²) in [4.78, 5) is 23.2. The molecule has 0 radical (unpaired) electrons. The van der Waals surface area contributed by atoms with E-state index in [1.807, 2.05) is 38.9 Å². The summed E-state index contributed by atoms with van der Waals surface area (Å²) in [6.45, 7) is 8.35. The number of aromatic nitrogens is 3. The number of nitrogens with zero attached hydrogens (tertiary/aromatic N) is 4. The maximum absolute atomic E-state index is 14.8. The molecule has 6 nitrogen and oxygen atoms in total. The Bertz CT molecular complexity index is 1240. The van der Waals surface area contributed by atoms with E-state index in [9.17, 15) is 9.18 Å². The third kappa shape index (κ3) is 3.09. The van der Waals surface area contributed by atoms with Crippen LogP contribution in [-0.4, -0.2) is 50.0 Å². The summed E-state index contributed by atoms with van der Waals surface area (Å²) in [6, 6.07) is 2.26. The van der Waals surface area contributed by atoms with Crippen molar-refractivity contribution in [3.63, 3.8) is 0 Å². The molecule has 0 spiro atoms. The fraction of sp³-hybridized carbons (Fsp3) is 0.500. The predicted molar refractivity (Wildman–Crippen MR) is 120 cm³/mol. The topological polar surface area (TPSA) is 60.2 Å². The maximum atomic E-state index is 14.8. The first-order chi connectivity index (χ1) is 14.6. The van der Waals surface area contributed by atoms with E-state index < -0.39 is 11.4 Å². The summed E-state index contributed by atoms with van der Waals surface area (Å²) in [6.07, 6.45) is 4.20. The number of hydrogen-bond acceptors (Lipinski definition) is 5. The van der Waals surface area contributed by atoms with Crippen molar-refractivity contribution in [1.29, 1.82) is 0 Å². The second-order valence-corrected chi connectivity index (χ2v) is 10.5. The number of amides is 1. The Morgan fingerprint density at radius 2 is 2.10 bits per heavy atom. The fourth-order valence-electron chi connectivity index (χ4n) is 5.03. The lowest BCUT2D eigenvalue weighted by Crippen LogP contribution is -2.44. The van der Waals surface area contributed by atoms with Crippen LogP contribution in [0.3, 0.4) is 0 Å². The van der Waals surface area contributed by atoms with Crippen molar-refractivity contribution in [3.05, 3.63) is 28.9 Å². The zero-order chi connectivity index (χ0) is 22.2. The van der Waals surface area contributed by atoms with E-state index in [4.69, 9.17) is 16.3 Å². The number of aryl methyl sites for hydroxylation is 1. The van der Waals surface area contributed by atoms with E-state index in [0.717, 1.165) is 28.0 Å². The van der Waals surface area contributed by atoms with E-state index in [1.54, 1.807) is 6.20 Å². The molecule has 2 bridgehead atoms. The number of pyridine rings is 2. The molecule has 2 aliphatic heterocycles. The van der Waals surface area contributed by atoms with Crippen LogP contribution in [0.25, 0.3) is 21.8 Å². The van der Waals surface area contributed by atoms with Crippen LogP contribution in [0.1, 0.15) is 38.9 Å². The Balaban J connectivity index is 1.65. The molecule has 3 aliphatic rings. The van der Waals surface area contributed by atoms with Crippen LogP contribution in [0.15, 0.2) is 17.3 Å². The van der Waals surface area contributed by atoms with Gasteiger partial charge in [0, 0.05) is 35.1 Å². The molecule has 3 atom stereocenters. The molecule has 3 aromatic rings. The number of thioether (sulfide) groups is 1. The van der Waals surface area contributed by atoms with Gasteiger partial charge >= 0.3 is 6.09 Å². The molecule has 9 heteroatoms. The lowest BCUT2D eigenvalue weighted by atomic mass is 9.79. The van der Waals surface area contributed by atoms with Crippen molar-refractivity contribution in [2.75, 3.05) is 12.8 Å². The van der Waals surface area contributed by atoms with Crippen LogP contribution in [0, 0.1) is 18.7 Å². The molecule has 1 aliphatic carbocycles. The van der Waals surface area contributed by atoms with Gasteiger partial charge in [0.1, 0.15) is 16.1 Å². The maximum Gasteiger partial charge on any atom is 0.410 e. The lowest BCUT2D eigenvalue weighted by Gasteiger charge is -2.39. The van der Waals surface area contributed by atoms with Gasteiger partial charge in [-0.05, 0) is 46.4 Å². The minimum atomic E-state index is -0.603. The van der Waals surface area contributed by atoms with E-state index in [0.29, 0.717) is 17.8 Å². The number of fused-ring (bicyclic) bond motifs is 4. The standard InChI is InChI=1S/C22H24ClFN4O2S/c1-10-6-12-18(13-8-25-19(23)15(24)16(13)26-20(12)31-5)28(10)17-11-7-14(17)27(9-11)21(29)30-22(2,3)4/h6,8,11,14,17H,7,9H2,1-5H3. The van der Waals surface area contributed by atoms with Gasteiger partial charge in [-0.15, -0.1) is 11.8 Å². The molecule has 3 unspecified atom stereocenters. The first kappa shape index (κ1) is 20.8. The van der Waals surface area contributed by atoms with Crippen molar-refractivity contribution in [2.24, 2.45) is 5.92 Å². The quantitative estimate of drug-likeness (QED) is 0.367. The molecule has 5 heterocycles.